The summed E-state index contributed by atoms with van der Waals surface area (Å²) in [4.78, 5) is 29.6. The van der Waals surface area contributed by atoms with Crippen molar-refractivity contribution >= 4 is 46.3 Å². The number of carbonyl (C=O) groups excluding carboxylic acids is 2. The van der Waals surface area contributed by atoms with Gasteiger partial charge in [0.25, 0.3) is 11.8 Å². The fourth-order valence-electron chi connectivity index (χ4n) is 3.45. The van der Waals surface area contributed by atoms with E-state index in [4.69, 9.17) is 23.2 Å². The van der Waals surface area contributed by atoms with E-state index in [0.29, 0.717) is 32.6 Å². The topological polar surface area (TPSA) is 40.6 Å². The Bertz CT molecular complexity index is 898. The van der Waals surface area contributed by atoms with E-state index < -0.39 is 0 Å². The molecular weight excluding hydrogens is 371 g/mol. The van der Waals surface area contributed by atoms with E-state index in [1.165, 1.54) is 4.90 Å². The first kappa shape index (κ1) is 17.1. The van der Waals surface area contributed by atoms with Gasteiger partial charge in [-0.1, -0.05) is 35.3 Å². The molecule has 1 saturated heterocycles. The molecule has 26 heavy (non-hydrogen) atoms. The Kier molecular flexibility index (Phi) is 4.47. The van der Waals surface area contributed by atoms with Gasteiger partial charge in [0.15, 0.2) is 0 Å². The predicted octanol–water partition coefficient (Wildman–Crippen LogP) is 4.37. The van der Waals surface area contributed by atoms with Crippen molar-refractivity contribution in [3.63, 3.8) is 0 Å². The van der Waals surface area contributed by atoms with Gasteiger partial charge in [-0.2, -0.15) is 0 Å². The van der Waals surface area contributed by atoms with Gasteiger partial charge in [0, 0.05) is 23.1 Å². The number of hydrogen-bond donors (Lipinski definition) is 0. The third-order valence-electron chi connectivity index (χ3n) is 4.70. The molecule has 0 unspecified atom stereocenters. The Morgan fingerprint density at radius 1 is 0.731 bits per heavy atom. The van der Waals surface area contributed by atoms with Crippen molar-refractivity contribution in [2.45, 2.75) is 12.8 Å². The highest BCUT2D eigenvalue weighted by atomic mass is 35.5. The first-order chi connectivity index (χ1) is 12.6. The third kappa shape index (κ3) is 2.89. The summed E-state index contributed by atoms with van der Waals surface area (Å²) in [6.07, 6.45) is 2.03. The Morgan fingerprint density at radius 3 is 1.85 bits per heavy atom. The van der Waals surface area contributed by atoms with Gasteiger partial charge < -0.3 is 4.90 Å². The SMILES string of the molecule is O=C1C(c2ccc(Cl)cc2)=C(N2CCCC2)C(=O)N1c1ccc(Cl)cc1. The van der Waals surface area contributed by atoms with Gasteiger partial charge in [-0.05, 0) is 54.8 Å². The minimum Gasteiger partial charge on any atom is -0.366 e. The fourth-order valence-corrected chi connectivity index (χ4v) is 3.71. The van der Waals surface area contributed by atoms with Crippen molar-refractivity contribution in [2.75, 3.05) is 18.0 Å². The number of carbonyl (C=O) groups is 2. The van der Waals surface area contributed by atoms with Crippen molar-refractivity contribution < 1.29 is 9.59 Å². The van der Waals surface area contributed by atoms with Crippen LogP contribution in [0.25, 0.3) is 5.57 Å². The average molecular weight is 387 g/mol. The third-order valence-corrected chi connectivity index (χ3v) is 5.20. The van der Waals surface area contributed by atoms with Gasteiger partial charge in [-0.15, -0.1) is 0 Å². The molecule has 0 bridgehead atoms. The smallest absolute Gasteiger partial charge is 0.282 e. The van der Waals surface area contributed by atoms with Crippen LogP contribution in [-0.2, 0) is 9.59 Å². The number of amides is 2. The minimum absolute atomic E-state index is 0.288. The van der Waals surface area contributed by atoms with Gasteiger partial charge in [-0.3, -0.25) is 9.59 Å². The monoisotopic (exact) mass is 386 g/mol. The van der Waals surface area contributed by atoms with E-state index >= 15 is 0 Å². The molecule has 0 aromatic heterocycles. The number of rotatable bonds is 3. The molecule has 2 aromatic carbocycles. The van der Waals surface area contributed by atoms with Gasteiger partial charge in [-0.25, -0.2) is 4.90 Å². The molecule has 6 heteroatoms. The highest BCUT2D eigenvalue weighted by molar-refractivity contribution is 6.45. The number of likely N-dealkylation sites (tertiary alicyclic amines) is 1. The molecule has 4 nitrogen and oxygen atoms in total. The molecule has 132 valence electrons. The second kappa shape index (κ2) is 6.78. The molecule has 0 spiro atoms. The number of benzene rings is 2. The van der Waals surface area contributed by atoms with Crippen molar-refractivity contribution in [2.24, 2.45) is 0 Å². The largest absolute Gasteiger partial charge is 0.366 e. The van der Waals surface area contributed by atoms with Gasteiger partial charge in [0.2, 0.25) is 0 Å². The molecule has 2 aromatic rings. The van der Waals surface area contributed by atoms with Crippen LogP contribution in [0.5, 0.6) is 0 Å². The molecule has 1 fully saturated rings. The summed E-state index contributed by atoms with van der Waals surface area (Å²) >= 11 is 11.9. The van der Waals surface area contributed by atoms with Crippen LogP contribution >= 0.6 is 23.2 Å². The fraction of sp³-hybridized carbons (Fsp3) is 0.200. The highest BCUT2D eigenvalue weighted by Gasteiger charge is 2.42. The number of halogens is 2. The maximum absolute atomic E-state index is 13.2. The van der Waals surface area contributed by atoms with E-state index in [2.05, 4.69) is 0 Å². The molecule has 4 rings (SSSR count). The lowest BCUT2D eigenvalue weighted by molar-refractivity contribution is -0.120. The quantitative estimate of drug-likeness (QED) is 0.735. The molecule has 0 radical (unpaired) electrons. The van der Waals surface area contributed by atoms with Gasteiger partial charge in [0.05, 0.1) is 11.3 Å². The zero-order valence-corrected chi connectivity index (χ0v) is 15.4. The second-order valence-electron chi connectivity index (χ2n) is 6.35. The normalized spacial score (nSPS) is 17.6. The lowest BCUT2D eigenvalue weighted by Crippen LogP contribution is -2.34. The van der Waals surface area contributed by atoms with Crippen LogP contribution in [0.4, 0.5) is 5.69 Å². The number of hydrogen-bond acceptors (Lipinski definition) is 3. The van der Waals surface area contributed by atoms with Crippen molar-refractivity contribution in [1.29, 1.82) is 0 Å². The number of nitrogens with zero attached hydrogens (tertiary/aromatic N) is 2. The number of imide groups is 1. The molecule has 0 aliphatic carbocycles. The molecule has 0 N–H and O–H groups in total. The van der Waals surface area contributed by atoms with Crippen LogP contribution in [0.15, 0.2) is 54.2 Å². The summed E-state index contributed by atoms with van der Waals surface area (Å²) in [5.41, 5.74) is 2.13. The van der Waals surface area contributed by atoms with Crippen LogP contribution in [0, 0.1) is 0 Å². The Labute approximate surface area is 161 Å². The van der Waals surface area contributed by atoms with Crippen LogP contribution in [0.3, 0.4) is 0 Å². The van der Waals surface area contributed by atoms with Crippen LogP contribution in [-0.4, -0.2) is 29.8 Å². The molecule has 2 heterocycles. The van der Waals surface area contributed by atoms with Crippen LogP contribution in [0.1, 0.15) is 18.4 Å². The summed E-state index contributed by atoms with van der Waals surface area (Å²) < 4.78 is 0. The summed E-state index contributed by atoms with van der Waals surface area (Å²) in [5, 5.41) is 1.14. The van der Waals surface area contributed by atoms with E-state index in [9.17, 15) is 9.59 Å². The average Bonchev–Trinajstić information content (AvgIpc) is 3.23. The Hall–Kier alpha value is -2.30. The lowest BCUT2D eigenvalue weighted by atomic mass is 10.0. The van der Waals surface area contributed by atoms with Gasteiger partial charge in [0.1, 0.15) is 5.70 Å². The number of anilines is 1. The molecule has 0 atom stereocenters. The zero-order valence-electron chi connectivity index (χ0n) is 13.9. The standard InChI is InChI=1S/C20H16Cl2N2O2/c21-14-5-3-13(4-6-14)17-18(23-11-1-2-12-23)20(26)24(19(17)25)16-9-7-15(22)8-10-16/h3-10H,1-2,11-12H2. The first-order valence-electron chi connectivity index (χ1n) is 8.46. The highest BCUT2D eigenvalue weighted by Crippen LogP contribution is 2.36. The molecule has 0 saturated carbocycles. The van der Waals surface area contributed by atoms with E-state index in [0.717, 1.165) is 25.9 Å². The first-order valence-corrected chi connectivity index (χ1v) is 9.21. The van der Waals surface area contributed by atoms with Crippen LogP contribution in [0.2, 0.25) is 10.0 Å². The summed E-state index contributed by atoms with van der Waals surface area (Å²) in [7, 11) is 0. The van der Waals surface area contributed by atoms with E-state index in [1.54, 1.807) is 48.5 Å². The summed E-state index contributed by atoms with van der Waals surface area (Å²) in [5.74, 6) is -0.606. The lowest BCUT2D eigenvalue weighted by Gasteiger charge is -2.20. The molecule has 2 aliphatic heterocycles. The predicted molar refractivity (Wildman–Crippen MR) is 103 cm³/mol. The van der Waals surface area contributed by atoms with Crippen molar-refractivity contribution in [3.8, 4) is 0 Å². The summed E-state index contributed by atoms with van der Waals surface area (Å²) in [6, 6.07) is 13.7. The molecular formula is C20H16Cl2N2O2. The Balaban J connectivity index is 1.82. The summed E-state index contributed by atoms with van der Waals surface area (Å²) in [6.45, 7) is 1.56. The van der Waals surface area contributed by atoms with Crippen molar-refractivity contribution in [3.05, 3.63) is 69.8 Å². The Morgan fingerprint density at radius 2 is 1.27 bits per heavy atom. The second-order valence-corrected chi connectivity index (χ2v) is 7.22. The maximum atomic E-state index is 13.2. The van der Waals surface area contributed by atoms with E-state index in [-0.39, 0.29) is 11.8 Å². The van der Waals surface area contributed by atoms with Gasteiger partial charge >= 0.3 is 0 Å². The van der Waals surface area contributed by atoms with E-state index in [1.807, 2.05) is 4.90 Å². The maximum Gasteiger partial charge on any atom is 0.282 e. The zero-order chi connectivity index (χ0) is 18.3. The van der Waals surface area contributed by atoms with Crippen LogP contribution < -0.4 is 4.90 Å². The molecule has 2 aliphatic rings. The molecule has 2 amide bonds. The van der Waals surface area contributed by atoms with Crippen molar-refractivity contribution in [1.82, 2.24) is 4.90 Å². The minimum atomic E-state index is -0.318.